The molecule has 2 aromatic rings. The van der Waals surface area contributed by atoms with Crippen molar-refractivity contribution in [1.29, 1.82) is 0 Å². The van der Waals surface area contributed by atoms with Crippen LogP contribution >= 0.6 is 11.6 Å². The van der Waals surface area contributed by atoms with Crippen molar-refractivity contribution in [3.05, 3.63) is 47.2 Å². The van der Waals surface area contributed by atoms with Crippen LogP contribution in [0.2, 0.25) is 5.02 Å². The van der Waals surface area contributed by atoms with Crippen molar-refractivity contribution in [2.45, 2.75) is 20.0 Å². The lowest BCUT2D eigenvalue weighted by atomic mass is 10.2. The molecule has 0 N–H and O–H groups in total. The van der Waals surface area contributed by atoms with E-state index in [9.17, 15) is 4.79 Å². The maximum Gasteiger partial charge on any atom is 0.342 e. The summed E-state index contributed by atoms with van der Waals surface area (Å²) in [6.07, 6.45) is 3.20. The van der Waals surface area contributed by atoms with Crippen LogP contribution in [0.5, 0.6) is 0 Å². The number of rotatable bonds is 4. The van der Waals surface area contributed by atoms with Gasteiger partial charge in [0.2, 0.25) is 0 Å². The maximum atomic E-state index is 12.3. The van der Waals surface area contributed by atoms with Crippen molar-refractivity contribution < 1.29 is 9.53 Å². The highest BCUT2D eigenvalue weighted by Gasteiger charge is 2.24. The molecule has 7 heteroatoms. The zero-order valence-corrected chi connectivity index (χ0v) is 15.1. The average Bonchev–Trinajstić information content (AvgIpc) is 2.62. The Balaban J connectivity index is 1.71. The third-order valence-corrected chi connectivity index (χ3v) is 4.19. The smallest absolute Gasteiger partial charge is 0.342 e. The first-order chi connectivity index (χ1) is 12.0. The third-order valence-electron chi connectivity index (χ3n) is 3.96. The standard InChI is InChI=1S/C18H21ClN4O2/c1-13(2)25-18(24)15-4-3-7-20-17(15)23-10-8-22(9-11-23)16-6-5-14(19)12-21-16/h3-7,12-13H,8-11H2,1-2H3. The van der Waals surface area contributed by atoms with Crippen molar-refractivity contribution in [3.8, 4) is 0 Å². The summed E-state index contributed by atoms with van der Waals surface area (Å²) in [5, 5.41) is 0.629. The van der Waals surface area contributed by atoms with Gasteiger partial charge in [0, 0.05) is 38.6 Å². The van der Waals surface area contributed by atoms with E-state index in [0.29, 0.717) is 16.4 Å². The minimum atomic E-state index is -0.333. The van der Waals surface area contributed by atoms with E-state index in [1.165, 1.54) is 0 Å². The highest BCUT2D eigenvalue weighted by molar-refractivity contribution is 6.30. The van der Waals surface area contributed by atoms with Crippen LogP contribution in [-0.4, -0.2) is 48.2 Å². The Morgan fingerprint density at radius 3 is 2.48 bits per heavy atom. The Morgan fingerprint density at radius 2 is 1.84 bits per heavy atom. The van der Waals surface area contributed by atoms with Gasteiger partial charge in [0.05, 0.1) is 11.1 Å². The lowest BCUT2D eigenvalue weighted by Crippen LogP contribution is -2.47. The summed E-state index contributed by atoms with van der Waals surface area (Å²) in [7, 11) is 0. The van der Waals surface area contributed by atoms with Crippen LogP contribution in [0.15, 0.2) is 36.7 Å². The van der Waals surface area contributed by atoms with Crippen molar-refractivity contribution in [2.75, 3.05) is 36.0 Å². The molecule has 0 spiro atoms. The van der Waals surface area contributed by atoms with Gasteiger partial charge >= 0.3 is 5.97 Å². The molecule has 0 atom stereocenters. The Hall–Kier alpha value is -2.34. The first kappa shape index (κ1) is 17.5. The number of aromatic nitrogens is 2. The topological polar surface area (TPSA) is 58.6 Å². The number of esters is 1. The van der Waals surface area contributed by atoms with Gasteiger partial charge in [-0.05, 0) is 38.1 Å². The molecule has 1 aliphatic rings. The van der Waals surface area contributed by atoms with Crippen LogP contribution in [-0.2, 0) is 4.74 Å². The summed E-state index contributed by atoms with van der Waals surface area (Å²) in [4.78, 5) is 25.4. The fourth-order valence-corrected chi connectivity index (χ4v) is 2.90. The fraction of sp³-hybridized carbons (Fsp3) is 0.389. The molecule has 6 nitrogen and oxygen atoms in total. The molecule has 1 fully saturated rings. The molecule has 3 rings (SSSR count). The second-order valence-corrected chi connectivity index (χ2v) is 6.57. The number of hydrogen-bond acceptors (Lipinski definition) is 6. The third kappa shape index (κ3) is 4.20. The van der Waals surface area contributed by atoms with Gasteiger partial charge in [0.15, 0.2) is 0 Å². The molecule has 0 bridgehead atoms. The summed E-state index contributed by atoms with van der Waals surface area (Å²) in [6, 6.07) is 7.29. The van der Waals surface area contributed by atoms with E-state index in [2.05, 4.69) is 19.8 Å². The first-order valence-corrected chi connectivity index (χ1v) is 8.70. The lowest BCUT2D eigenvalue weighted by molar-refractivity contribution is 0.0378. The molecule has 3 heterocycles. The van der Waals surface area contributed by atoms with E-state index >= 15 is 0 Å². The average molecular weight is 361 g/mol. The van der Waals surface area contributed by atoms with Crippen LogP contribution in [0.3, 0.4) is 0 Å². The van der Waals surface area contributed by atoms with Crippen LogP contribution in [0.25, 0.3) is 0 Å². The number of hydrogen-bond donors (Lipinski definition) is 0. The molecular weight excluding hydrogens is 340 g/mol. The number of pyridine rings is 2. The van der Waals surface area contributed by atoms with Crippen molar-refractivity contribution in [2.24, 2.45) is 0 Å². The van der Waals surface area contributed by atoms with Gasteiger partial charge in [0.25, 0.3) is 0 Å². The minimum absolute atomic E-state index is 0.159. The van der Waals surface area contributed by atoms with Crippen LogP contribution in [0.1, 0.15) is 24.2 Å². The number of piperazine rings is 1. The molecule has 1 saturated heterocycles. The van der Waals surface area contributed by atoms with Crippen LogP contribution in [0, 0.1) is 0 Å². The number of carbonyl (C=O) groups is 1. The minimum Gasteiger partial charge on any atom is -0.459 e. The summed E-state index contributed by atoms with van der Waals surface area (Å²) < 4.78 is 5.33. The quantitative estimate of drug-likeness (QED) is 0.781. The van der Waals surface area contributed by atoms with Gasteiger partial charge < -0.3 is 14.5 Å². The van der Waals surface area contributed by atoms with Crippen molar-refractivity contribution in [1.82, 2.24) is 9.97 Å². The predicted octanol–water partition coefficient (Wildman–Crippen LogP) is 3.02. The molecule has 2 aromatic heterocycles. The highest BCUT2D eigenvalue weighted by Crippen LogP contribution is 2.22. The van der Waals surface area contributed by atoms with Crippen LogP contribution in [0.4, 0.5) is 11.6 Å². The molecule has 25 heavy (non-hydrogen) atoms. The van der Waals surface area contributed by atoms with Gasteiger partial charge in [0.1, 0.15) is 17.2 Å². The molecule has 0 aromatic carbocycles. The van der Waals surface area contributed by atoms with Gasteiger partial charge in [-0.25, -0.2) is 14.8 Å². The first-order valence-electron chi connectivity index (χ1n) is 8.32. The van der Waals surface area contributed by atoms with Gasteiger partial charge in [-0.2, -0.15) is 0 Å². The number of halogens is 1. The number of ether oxygens (including phenoxy) is 1. The Kier molecular flexibility index (Phi) is 5.38. The number of carbonyl (C=O) groups excluding carboxylic acids is 1. The summed E-state index contributed by atoms with van der Waals surface area (Å²) in [6.45, 7) is 6.78. The number of nitrogens with zero attached hydrogens (tertiary/aromatic N) is 4. The Labute approximate surface area is 152 Å². The monoisotopic (exact) mass is 360 g/mol. The van der Waals surface area contributed by atoms with E-state index in [1.54, 1.807) is 24.5 Å². The molecule has 0 radical (unpaired) electrons. The van der Waals surface area contributed by atoms with Crippen LogP contribution < -0.4 is 9.80 Å². The van der Waals surface area contributed by atoms with Crippen molar-refractivity contribution >= 4 is 29.2 Å². The van der Waals surface area contributed by atoms with Gasteiger partial charge in [-0.15, -0.1) is 0 Å². The summed E-state index contributed by atoms with van der Waals surface area (Å²) in [5.41, 5.74) is 0.509. The molecule has 0 amide bonds. The molecule has 1 aliphatic heterocycles. The molecule has 132 valence electrons. The maximum absolute atomic E-state index is 12.3. The molecular formula is C18H21ClN4O2. The zero-order valence-electron chi connectivity index (χ0n) is 14.4. The zero-order chi connectivity index (χ0) is 17.8. The normalized spacial score (nSPS) is 14.7. The van der Waals surface area contributed by atoms with Crippen molar-refractivity contribution in [3.63, 3.8) is 0 Å². The second-order valence-electron chi connectivity index (χ2n) is 6.14. The molecule has 0 aliphatic carbocycles. The Bertz CT molecular complexity index is 728. The fourth-order valence-electron chi connectivity index (χ4n) is 2.79. The molecule has 0 unspecified atom stereocenters. The second kappa shape index (κ2) is 7.70. The van der Waals surface area contributed by atoms with E-state index in [4.69, 9.17) is 16.3 Å². The number of anilines is 2. The largest absolute Gasteiger partial charge is 0.459 e. The van der Waals surface area contributed by atoms with Gasteiger partial charge in [-0.1, -0.05) is 11.6 Å². The summed E-state index contributed by atoms with van der Waals surface area (Å²) in [5.74, 6) is 1.25. The highest BCUT2D eigenvalue weighted by atomic mass is 35.5. The van der Waals surface area contributed by atoms with E-state index in [-0.39, 0.29) is 12.1 Å². The Morgan fingerprint density at radius 1 is 1.12 bits per heavy atom. The van der Waals surface area contributed by atoms with Gasteiger partial charge in [-0.3, -0.25) is 0 Å². The predicted molar refractivity (Wildman–Crippen MR) is 98.5 cm³/mol. The van der Waals surface area contributed by atoms with E-state index in [1.807, 2.05) is 26.0 Å². The van der Waals surface area contributed by atoms with E-state index in [0.717, 1.165) is 32.0 Å². The van der Waals surface area contributed by atoms with E-state index < -0.39 is 0 Å². The lowest BCUT2D eigenvalue weighted by Gasteiger charge is -2.36. The summed E-state index contributed by atoms with van der Waals surface area (Å²) >= 11 is 5.90. The SMILES string of the molecule is CC(C)OC(=O)c1cccnc1N1CCN(c2ccc(Cl)cn2)CC1. The molecule has 0 saturated carbocycles.